The zero-order valence-corrected chi connectivity index (χ0v) is 11.4. The van der Waals surface area contributed by atoms with Crippen LogP contribution in [0.5, 0.6) is 0 Å². The maximum absolute atomic E-state index is 12.1. The topological polar surface area (TPSA) is 58.4 Å². The van der Waals surface area contributed by atoms with Gasteiger partial charge in [-0.05, 0) is 46.1 Å². The fraction of sp³-hybridized carbons (Fsp3) is 0.923. The molecule has 2 amide bonds. The molecule has 0 aromatic rings. The summed E-state index contributed by atoms with van der Waals surface area (Å²) < 4.78 is 0. The summed E-state index contributed by atoms with van der Waals surface area (Å²) >= 11 is 0. The fourth-order valence-electron chi connectivity index (χ4n) is 2.73. The molecule has 0 aromatic heterocycles. The Labute approximate surface area is 105 Å². The largest absolute Gasteiger partial charge is 0.336 e. The first-order chi connectivity index (χ1) is 8.10. The number of carbonyl (C=O) groups excluding carboxylic acids is 1. The van der Waals surface area contributed by atoms with E-state index >= 15 is 0 Å². The summed E-state index contributed by atoms with van der Waals surface area (Å²) in [5.74, 6) is 0.474. The van der Waals surface area contributed by atoms with Crippen LogP contribution in [0, 0.1) is 5.92 Å². The summed E-state index contributed by atoms with van der Waals surface area (Å²) in [5.41, 5.74) is 5.83. The van der Waals surface area contributed by atoms with E-state index in [1.807, 2.05) is 25.7 Å². The number of amides is 2. The van der Waals surface area contributed by atoms with Gasteiger partial charge in [0.05, 0.1) is 0 Å². The molecule has 17 heavy (non-hydrogen) atoms. The van der Waals surface area contributed by atoms with Crippen molar-refractivity contribution in [1.29, 1.82) is 0 Å². The van der Waals surface area contributed by atoms with Crippen LogP contribution in [0.25, 0.3) is 0 Å². The zero-order valence-electron chi connectivity index (χ0n) is 11.4. The molecule has 1 fully saturated rings. The predicted octanol–water partition coefficient (Wildman–Crippen LogP) is 1.94. The van der Waals surface area contributed by atoms with E-state index in [1.165, 1.54) is 12.8 Å². The zero-order chi connectivity index (χ0) is 12.8. The third-order valence-corrected chi connectivity index (χ3v) is 3.59. The molecule has 0 saturated heterocycles. The van der Waals surface area contributed by atoms with E-state index in [2.05, 4.69) is 5.32 Å². The lowest BCUT2D eigenvalue weighted by molar-refractivity contribution is 0.125. The Morgan fingerprint density at radius 1 is 1.41 bits per heavy atom. The van der Waals surface area contributed by atoms with Crippen molar-refractivity contribution in [3.05, 3.63) is 0 Å². The Balaban J connectivity index is 2.66. The third-order valence-electron chi connectivity index (χ3n) is 3.59. The average Bonchev–Trinajstić information content (AvgIpc) is 2.29. The standard InChI is InChI=1S/C13H27N3O/c1-4-16(13(17)15-10(2)3)12-8-6-5-7-11(12)9-14/h10-12H,4-9,14H2,1-3H3,(H,15,17). The van der Waals surface area contributed by atoms with E-state index in [4.69, 9.17) is 5.73 Å². The van der Waals surface area contributed by atoms with Gasteiger partial charge in [-0.2, -0.15) is 0 Å². The Hall–Kier alpha value is -0.770. The Morgan fingerprint density at radius 2 is 2.06 bits per heavy atom. The first-order valence-corrected chi connectivity index (χ1v) is 6.87. The highest BCUT2D eigenvalue weighted by Gasteiger charge is 2.31. The number of nitrogens with one attached hydrogen (secondary N) is 1. The summed E-state index contributed by atoms with van der Waals surface area (Å²) in [6, 6.07) is 0.585. The lowest BCUT2D eigenvalue weighted by Crippen LogP contribution is -2.52. The number of nitrogens with zero attached hydrogens (tertiary/aromatic N) is 1. The second-order valence-corrected chi connectivity index (χ2v) is 5.24. The fourth-order valence-corrected chi connectivity index (χ4v) is 2.73. The van der Waals surface area contributed by atoms with Crippen molar-refractivity contribution in [2.24, 2.45) is 11.7 Å². The molecule has 1 saturated carbocycles. The van der Waals surface area contributed by atoms with Crippen LogP contribution < -0.4 is 11.1 Å². The first kappa shape index (κ1) is 14.3. The number of urea groups is 1. The molecule has 2 atom stereocenters. The molecule has 2 unspecified atom stereocenters. The van der Waals surface area contributed by atoms with E-state index in [0.29, 0.717) is 18.5 Å². The molecule has 4 nitrogen and oxygen atoms in total. The monoisotopic (exact) mass is 241 g/mol. The van der Waals surface area contributed by atoms with Crippen molar-refractivity contribution in [1.82, 2.24) is 10.2 Å². The second kappa shape index (κ2) is 6.84. The van der Waals surface area contributed by atoms with E-state index < -0.39 is 0 Å². The molecular formula is C13H27N3O. The van der Waals surface area contributed by atoms with Gasteiger partial charge in [0, 0.05) is 18.6 Å². The molecule has 1 rings (SSSR count). The van der Waals surface area contributed by atoms with E-state index in [-0.39, 0.29) is 12.1 Å². The predicted molar refractivity (Wildman–Crippen MR) is 70.8 cm³/mol. The highest BCUT2D eigenvalue weighted by Crippen LogP contribution is 2.27. The summed E-state index contributed by atoms with van der Waals surface area (Å²) in [5, 5.41) is 2.98. The minimum Gasteiger partial charge on any atom is -0.336 e. The van der Waals surface area contributed by atoms with Gasteiger partial charge >= 0.3 is 6.03 Å². The Kier molecular flexibility index (Phi) is 5.75. The van der Waals surface area contributed by atoms with Crippen LogP contribution in [0.3, 0.4) is 0 Å². The van der Waals surface area contributed by atoms with Gasteiger partial charge in [-0.25, -0.2) is 4.79 Å². The number of hydrogen-bond donors (Lipinski definition) is 2. The van der Waals surface area contributed by atoms with Crippen LogP contribution in [0.2, 0.25) is 0 Å². The molecule has 0 aromatic carbocycles. The van der Waals surface area contributed by atoms with Gasteiger partial charge < -0.3 is 16.0 Å². The molecule has 100 valence electrons. The second-order valence-electron chi connectivity index (χ2n) is 5.24. The molecule has 4 heteroatoms. The Bertz CT molecular complexity index is 243. The van der Waals surface area contributed by atoms with Crippen molar-refractivity contribution >= 4 is 6.03 Å². The van der Waals surface area contributed by atoms with E-state index in [9.17, 15) is 4.79 Å². The first-order valence-electron chi connectivity index (χ1n) is 6.87. The van der Waals surface area contributed by atoms with Crippen LogP contribution in [-0.2, 0) is 0 Å². The van der Waals surface area contributed by atoms with E-state index in [0.717, 1.165) is 19.4 Å². The van der Waals surface area contributed by atoms with Crippen molar-refractivity contribution in [3.8, 4) is 0 Å². The molecule has 3 N–H and O–H groups in total. The number of carbonyl (C=O) groups is 1. The van der Waals surface area contributed by atoms with E-state index in [1.54, 1.807) is 0 Å². The minimum atomic E-state index is 0.0628. The molecule has 1 aliphatic rings. The lowest BCUT2D eigenvalue weighted by Gasteiger charge is -2.39. The van der Waals surface area contributed by atoms with Gasteiger partial charge in [-0.15, -0.1) is 0 Å². The smallest absolute Gasteiger partial charge is 0.317 e. The molecule has 0 spiro atoms. The molecule has 0 aliphatic heterocycles. The highest BCUT2D eigenvalue weighted by atomic mass is 16.2. The normalized spacial score (nSPS) is 24.8. The summed E-state index contributed by atoms with van der Waals surface area (Å²) in [4.78, 5) is 14.1. The SMILES string of the molecule is CCN(C(=O)NC(C)C)C1CCCCC1CN. The number of nitrogens with two attached hydrogens (primary N) is 1. The van der Waals surface area contributed by atoms with Gasteiger partial charge in [-0.3, -0.25) is 0 Å². The van der Waals surface area contributed by atoms with Crippen LogP contribution >= 0.6 is 0 Å². The van der Waals surface area contributed by atoms with Crippen LogP contribution in [0.1, 0.15) is 46.5 Å². The quantitative estimate of drug-likeness (QED) is 0.790. The van der Waals surface area contributed by atoms with Crippen molar-refractivity contribution in [3.63, 3.8) is 0 Å². The third kappa shape index (κ3) is 3.87. The molecule has 0 heterocycles. The van der Waals surface area contributed by atoms with Crippen LogP contribution in [0.15, 0.2) is 0 Å². The van der Waals surface area contributed by atoms with Gasteiger partial charge in [0.1, 0.15) is 0 Å². The summed E-state index contributed by atoms with van der Waals surface area (Å²) in [6.45, 7) is 7.48. The van der Waals surface area contributed by atoms with Gasteiger partial charge in [0.15, 0.2) is 0 Å². The van der Waals surface area contributed by atoms with Gasteiger partial charge in [-0.1, -0.05) is 12.8 Å². The number of hydrogen-bond acceptors (Lipinski definition) is 2. The highest BCUT2D eigenvalue weighted by molar-refractivity contribution is 5.74. The maximum atomic E-state index is 12.1. The van der Waals surface area contributed by atoms with Crippen molar-refractivity contribution in [2.75, 3.05) is 13.1 Å². The molecular weight excluding hydrogens is 214 g/mol. The Morgan fingerprint density at radius 3 is 2.59 bits per heavy atom. The minimum absolute atomic E-state index is 0.0628. The van der Waals surface area contributed by atoms with Gasteiger partial charge in [0.2, 0.25) is 0 Å². The molecule has 1 aliphatic carbocycles. The molecule has 0 bridgehead atoms. The van der Waals surface area contributed by atoms with Crippen LogP contribution in [-0.4, -0.2) is 36.1 Å². The summed E-state index contributed by atoms with van der Waals surface area (Å²) in [7, 11) is 0. The molecule has 0 radical (unpaired) electrons. The number of rotatable bonds is 4. The average molecular weight is 241 g/mol. The lowest BCUT2D eigenvalue weighted by atomic mass is 9.83. The van der Waals surface area contributed by atoms with Crippen molar-refractivity contribution < 1.29 is 4.79 Å². The maximum Gasteiger partial charge on any atom is 0.317 e. The summed E-state index contributed by atoms with van der Waals surface area (Å²) in [6.07, 6.45) is 4.72. The van der Waals surface area contributed by atoms with Crippen LogP contribution in [0.4, 0.5) is 4.79 Å². The van der Waals surface area contributed by atoms with Crippen molar-refractivity contribution in [2.45, 2.75) is 58.5 Å². The van der Waals surface area contributed by atoms with Gasteiger partial charge in [0.25, 0.3) is 0 Å².